The highest BCUT2D eigenvalue weighted by Gasteiger charge is 2.12. The van der Waals surface area contributed by atoms with Crippen molar-refractivity contribution in [2.75, 3.05) is 5.73 Å². The van der Waals surface area contributed by atoms with Gasteiger partial charge in [0.1, 0.15) is 16.7 Å². The van der Waals surface area contributed by atoms with E-state index in [1.807, 2.05) is 19.1 Å². The fraction of sp³-hybridized carbons (Fsp3) is 0.286. The third-order valence-electron chi connectivity index (χ3n) is 2.68. The molecular weight excluding hydrogens is 322 g/mol. The van der Waals surface area contributed by atoms with Crippen molar-refractivity contribution in [1.29, 1.82) is 0 Å². The molecule has 0 amide bonds. The van der Waals surface area contributed by atoms with Crippen molar-refractivity contribution >= 4 is 33.5 Å². The number of nitrogens with two attached hydrogens (primary N) is 1. The van der Waals surface area contributed by atoms with Gasteiger partial charge in [0.25, 0.3) is 0 Å². The van der Waals surface area contributed by atoms with Gasteiger partial charge in [-0.2, -0.15) is 0 Å². The Hall–Kier alpha value is -1.07. The number of benzene rings is 1. The van der Waals surface area contributed by atoms with E-state index in [9.17, 15) is 0 Å². The summed E-state index contributed by atoms with van der Waals surface area (Å²) in [5, 5.41) is 0.925. The summed E-state index contributed by atoms with van der Waals surface area (Å²) in [6.07, 6.45) is 0. The van der Waals surface area contributed by atoms with Crippen LogP contribution in [0.25, 0.3) is 0 Å². The van der Waals surface area contributed by atoms with Crippen LogP contribution in [0.5, 0.6) is 0 Å². The highest BCUT2D eigenvalue weighted by Crippen LogP contribution is 2.32. The number of nitrogens with zero attached hydrogens (tertiary/aromatic N) is 2. The van der Waals surface area contributed by atoms with E-state index in [1.54, 1.807) is 11.8 Å². The van der Waals surface area contributed by atoms with Crippen molar-refractivity contribution in [3.05, 3.63) is 40.1 Å². The minimum Gasteiger partial charge on any atom is -0.383 e. The van der Waals surface area contributed by atoms with Crippen LogP contribution in [0.4, 0.5) is 5.82 Å². The molecule has 2 aromatic rings. The highest BCUT2D eigenvalue weighted by molar-refractivity contribution is 9.10. The van der Waals surface area contributed by atoms with E-state index < -0.39 is 0 Å². The van der Waals surface area contributed by atoms with Gasteiger partial charge in [0.15, 0.2) is 0 Å². The normalized spacial score (nSPS) is 11.0. The number of hydrogen-bond donors (Lipinski definition) is 1. The molecule has 0 atom stereocenters. The summed E-state index contributed by atoms with van der Waals surface area (Å²) in [4.78, 5) is 10.1. The number of rotatable bonds is 3. The van der Waals surface area contributed by atoms with Crippen LogP contribution in [0.15, 0.2) is 38.7 Å². The molecule has 2 N–H and O–H groups in total. The molecule has 0 aliphatic rings. The summed E-state index contributed by atoms with van der Waals surface area (Å²) in [7, 11) is 0. The van der Waals surface area contributed by atoms with Gasteiger partial charge < -0.3 is 5.73 Å². The molecule has 0 bridgehead atoms. The largest absolute Gasteiger partial charge is 0.383 e. The lowest BCUT2D eigenvalue weighted by molar-refractivity contribution is 0.751. The maximum atomic E-state index is 5.97. The Morgan fingerprint density at radius 3 is 2.63 bits per heavy atom. The molecular formula is C14H16BrN3S. The fourth-order valence-electron chi connectivity index (χ4n) is 1.53. The molecule has 1 aromatic heterocycles. The Morgan fingerprint density at radius 2 is 2.00 bits per heavy atom. The highest BCUT2D eigenvalue weighted by atomic mass is 79.9. The summed E-state index contributed by atoms with van der Waals surface area (Å²) in [5.41, 5.74) is 6.91. The van der Waals surface area contributed by atoms with Gasteiger partial charge in [-0.15, -0.1) is 0 Å². The standard InChI is InChI=1S/C14H16BrN3S/c1-8(2)13-17-12(16)9(3)14(18-13)19-11-6-4-5-10(15)7-11/h4-8H,1-3H3,(H2,16,17,18). The molecule has 0 saturated heterocycles. The van der Waals surface area contributed by atoms with Crippen molar-refractivity contribution in [1.82, 2.24) is 9.97 Å². The Morgan fingerprint density at radius 1 is 1.26 bits per heavy atom. The van der Waals surface area contributed by atoms with Crippen molar-refractivity contribution in [2.24, 2.45) is 0 Å². The zero-order valence-corrected chi connectivity index (χ0v) is 13.5. The molecule has 19 heavy (non-hydrogen) atoms. The minimum atomic E-state index is 0.268. The SMILES string of the molecule is Cc1c(N)nc(C(C)C)nc1Sc1cccc(Br)c1. The summed E-state index contributed by atoms with van der Waals surface area (Å²) in [5.74, 6) is 1.63. The van der Waals surface area contributed by atoms with Gasteiger partial charge in [0, 0.05) is 20.8 Å². The van der Waals surface area contributed by atoms with Gasteiger partial charge in [0.2, 0.25) is 0 Å². The number of nitrogen functional groups attached to an aromatic ring is 1. The zero-order chi connectivity index (χ0) is 14.0. The Balaban J connectivity index is 2.39. The Labute approximate surface area is 126 Å². The van der Waals surface area contributed by atoms with E-state index in [1.165, 1.54) is 0 Å². The van der Waals surface area contributed by atoms with Crippen LogP contribution in [0.1, 0.15) is 31.2 Å². The summed E-state index contributed by atoms with van der Waals surface area (Å²) in [6.45, 7) is 6.09. The minimum absolute atomic E-state index is 0.268. The first kappa shape index (κ1) is 14.3. The van der Waals surface area contributed by atoms with Crippen LogP contribution in [0, 0.1) is 6.92 Å². The lowest BCUT2D eigenvalue weighted by Gasteiger charge is -2.11. The van der Waals surface area contributed by atoms with Gasteiger partial charge >= 0.3 is 0 Å². The van der Waals surface area contributed by atoms with Gasteiger partial charge in [-0.05, 0) is 25.1 Å². The predicted octanol–water partition coefficient (Wildman–Crippen LogP) is 4.40. The molecule has 0 radical (unpaired) electrons. The van der Waals surface area contributed by atoms with Gasteiger partial charge in [0.05, 0.1) is 0 Å². The van der Waals surface area contributed by atoms with Crippen molar-refractivity contribution in [3.8, 4) is 0 Å². The second kappa shape index (κ2) is 5.92. The molecule has 0 saturated carbocycles. The molecule has 0 aliphatic carbocycles. The second-order valence-corrected chi connectivity index (χ2v) is 6.59. The molecule has 1 heterocycles. The van der Waals surface area contributed by atoms with E-state index in [-0.39, 0.29) is 5.92 Å². The predicted molar refractivity (Wildman–Crippen MR) is 83.5 cm³/mol. The molecule has 1 aromatic carbocycles. The Kier molecular flexibility index (Phi) is 4.47. The number of anilines is 1. The topological polar surface area (TPSA) is 51.8 Å². The van der Waals surface area contributed by atoms with E-state index in [4.69, 9.17) is 5.73 Å². The third-order valence-corrected chi connectivity index (χ3v) is 4.26. The fourth-order valence-corrected chi connectivity index (χ4v) is 3.03. The molecule has 0 unspecified atom stereocenters. The second-order valence-electron chi connectivity index (χ2n) is 4.61. The van der Waals surface area contributed by atoms with Crippen LogP contribution in [0.3, 0.4) is 0 Å². The van der Waals surface area contributed by atoms with Crippen LogP contribution in [-0.2, 0) is 0 Å². The first-order valence-electron chi connectivity index (χ1n) is 6.05. The van der Waals surface area contributed by atoms with E-state index in [0.717, 1.165) is 25.8 Å². The monoisotopic (exact) mass is 337 g/mol. The average Bonchev–Trinajstić information content (AvgIpc) is 2.34. The number of halogens is 1. The maximum Gasteiger partial charge on any atom is 0.134 e. The number of aromatic nitrogens is 2. The lowest BCUT2D eigenvalue weighted by Crippen LogP contribution is -2.05. The van der Waals surface area contributed by atoms with Crippen LogP contribution >= 0.6 is 27.7 Å². The maximum absolute atomic E-state index is 5.97. The summed E-state index contributed by atoms with van der Waals surface area (Å²) < 4.78 is 1.06. The van der Waals surface area contributed by atoms with Crippen LogP contribution in [0.2, 0.25) is 0 Å². The molecule has 3 nitrogen and oxygen atoms in total. The summed E-state index contributed by atoms with van der Waals surface area (Å²) in [6, 6.07) is 8.14. The van der Waals surface area contributed by atoms with Crippen molar-refractivity contribution in [2.45, 2.75) is 36.6 Å². The van der Waals surface area contributed by atoms with Crippen molar-refractivity contribution < 1.29 is 0 Å². The summed E-state index contributed by atoms with van der Waals surface area (Å²) >= 11 is 5.09. The van der Waals surface area contributed by atoms with Gasteiger partial charge in [-0.1, -0.05) is 47.6 Å². The average molecular weight is 338 g/mol. The molecule has 0 fully saturated rings. The Bertz CT molecular complexity index is 599. The smallest absolute Gasteiger partial charge is 0.134 e. The quantitative estimate of drug-likeness (QED) is 0.843. The first-order chi connectivity index (χ1) is 8.97. The van der Waals surface area contributed by atoms with Crippen LogP contribution in [-0.4, -0.2) is 9.97 Å². The third kappa shape index (κ3) is 3.48. The van der Waals surface area contributed by atoms with Gasteiger partial charge in [-0.25, -0.2) is 9.97 Å². The van der Waals surface area contributed by atoms with Gasteiger partial charge in [-0.3, -0.25) is 0 Å². The first-order valence-corrected chi connectivity index (χ1v) is 7.65. The molecule has 0 aliphatic heterocycles. The molecule has 0 spiro atoms. The molecule has 100 valence electrons. The van der Waals surface area contributed by atoms with E-state index >= 15 is 0 Å². The van der Waals surface area contributed by atoms with E-state index in [0.29, 0.717) is 5.82 Å². The van der Waals surface area contributed by atoms with E-state index in [2.05, 4.69) is 51.9 Å². The van der Waals surface area contributed by atoms with Crippen molar-refractivity contribution in [3.63, 3.8) is 0 Å². The zero-order valence-electron chi connectivity index (χ0n) is 11.1. The number of hydrogen-bond acceptors (Lipinski definition) is 4. The lowest BCUT2D eigenvalue weighted by atomic mass is 10.2. The van der Waals surface area contributed by atoms with Crippen LogP contribution < -0.4 is 5.73 Å². The molecule has 5 heteroatoms. The molecule has 2 rings (SSSR count).